The first kappa shape index (κ1) is 16.5. The summed E-state index contributed by atoms with van der Waals surface area (Å²) in [6.45, 7) is 8.69. The zero-order valence-corrected chi connectivity index (χ0v) is 14.2. The topological polar surface area (TPSA) is 21.3 Å². The van der Waals surface area contributed by atoms with E-state index in [9.17, 15) is 0 Å². The molecule has 0 heterocycles. The lowest BCUT2D eigenvalue weighted by Crippen LogP contribution is -2.47. The summed E-state index contributed by atoms with van der Waals surface area (Å²) in [5.74, 6) is 0. The number of methoxy groups -OCH3 is 1. The molecule has 2 heteroatoms. The third kappa shape index (κ3) is 4.31. The number of ether oxygens (including phenoxy) is 1. The average molecular weight is 289 g/mol. The molecule has 1 atom stereocenters. The van der Waals surface area contributed by atoms with Gasteiger partial charge >= 0.3 is 0 Å². The first-order valence-corrected chi connectivity index (χ1v) is 8.29. The average Bonchev–Trinajstić information content (AvgIpc) is 2.45. The number of hydrogen-bond acceptors (Lipinski definition) is 2. The summed E-state index contributed by atoms with van der Waals surface area (Å²) in [6.07, 6.45) is 6.17. The Balaban J connectivity index is 2.24. The van der Waals surface area contributed by atoms with Crippen LogP contribution in [0.4, 0.5) is 0 Å². The Morgan fingerprint density at radius 2 is 2.00 bits per heavy atom. The zero-order valence-electron chi connectivity index (χ0n) is 14.2. The molecule has 0 aromatic heterocycles. The van der Waals surface area contributed by atoms with Crippen molar-refractivity contribution in [2.24, 2.45) is 0 Å². The van der Waals surface area contributed by atoms with Crippen LogP contribution in [0.25, 0.3) is 0 Å². The Morgan fingerprint density at radius 1 is 1.24 bits per heavy atom. The minimum Gasteiger partial charge on any atom is -0.385 e. The van der Waals surface area contributed by atoms with Gasteiger partial charge in [0.15, 0.2) is 0 Å². The van der Waals surface area contributed by atoms with E-state index in [-0.39, 0.29) is 11.0 Å². The molecule has 21 heavy (non-hydrogen) atoms. The molecule has 0 saturated heterocycles. The van der Waals surface area contributed by atoms with Crippen molar-refractivity contribution >= 4 is 0 Å². The molecule has 0 bridgehead atoms. The van der Waals surface area contributed by atoms with Crippen LogP contribution in [-0.2, 0) is 16.6 Å². The minimum absolute atomic E-state index is 0.167. The molecule has 0 aliphatic heterocycles. The van der Waals surface area contributed by atoms with Crippen molar-refractivity contribution in [1.82, 2.24) is 5.32 Å². The van der Waals surface area contributed by atoms with Gasteiger partial charge in [-0.3, -0.25) is 0 Å². The summed E-state index contributed by atoms with van der Waals surface area (Å²) in [5, 5.41) is 3.76. The fourth-order valence-electron chi connectivity index (χ4n) is 3.53. The molecule has 1 aliphatic carbocycles. The Labute approximate surface area is 130 Å². The fraction of sp³-hybridized carbons (Fsp3) is 0.684. The van der Waals surface area contributed by atoms with E-state index in [1.54, 1.807) is 18.2 Å². The van der Waals surface area contributed by atoms with E-state index in [1.165, 1.54) is 25.7 Å². The number of nitrogens with one attached hydrogen (secondary N) is 1. The zero-order chi connectivity index (χ0) is 15.3. The second-order valence-corrected chi connectivity index (χ2v) is 7.49. The van der Waals surface area contributed by atoms with E-state index in [0.29, 0.717) is 0 Å². The van der Waals surface area contributed by atoms with E-state index in [2.05, 4.69) is 50.4 Å². The molecule has 118 valence electrons. The van der Waals surface area contributed by atoms with Gasteiger partial charge in [0.1, 0.15) is 0 Å². The minimum atomic E-state index is 0.167. The monoisotopic (exact) mass is 289 g/mol. The summed E-state index contributed by atoms with van der Waals surface area (Å²) in [4.78, 5) is 0. The van der Waals surface area contributed by atoms with Gasteiger partial charge in [0.25, 0.3) is 0 Å². The van der Waals surface area contributed by atoms with Crippen LogP contribution in [0.2, 0.25) is 0 Å². The van der Waals surface area contributed by atoms with Crippen molar-refractivity contribution in [3.8, 4) is 0 Å². The summed E-state index contributed by atoms with van der Waals surface area (Å²) in [7, 11) is 1.80. The van der Waals surface area contributed by atoms with Crippen molar-refractivity contribution in [1.29, 1.82) is 0 Å². The Hall–Kier alpha value is -0.860. The van der Waals surface area contributed by atoms with Crippen LogP contribution in [-0.4, -0.2) is 25.8 Å². The van der Waals surface area contributed by atoms with Gasteiger partial charge in [-0.05, 0) is 64.0 Å². The lowest BCUT2D eigenvalue weighted by atomic mass is 9.67. The highest BCUT2D eigenvalue weighted by Gasteiger charge is 2.36. The lowest BCUT2D eigenvalue weighted by Gasteiger charge is -2.41. The van der Waals surface area contributed by atoms with Gasteiger partial charge in [0.2, 0.25) is 0 Å². The SMILES string of the molecule is COCCCC1(CNC(C)(C)C)CCCc2ccccc21. The van der Waals surface area contributed by atoms with Gasteiger partial charge in [-0.2, -0.15) is 0 Å². The summed E-state index contributed by atoms with van der Waals surface area (Å²) in [5.41, 5.74) is 3.57. The number of aryl methyl sites for hydroxylation is 1. The lowest BCUT2D eigenvalue weighted by molar-refractivity contribution is 0.175. The fourth-order valence-corrected chi connectivity index (χ4v) is 3.53. The molecule has 0 fully saturated rings. The second kappa shape index (κ2) is 6.93. The number of rotatable bonds is 6. The molecule has 0 saturated carbocycles. The first-order chi connectivity index (χ1) is 9.97. The van der Waals surface area contributed by atoms with Crippen molar-refractivity contribution < 1.29 is 4.74 Å². The maximum atomic E-state index is 5.29. The van der Waals surface area contributed by atoms with Gasteiger partial charge in [0.05, 0.1) is 0 Å². The van der Waals surface area contributed by atoms with Gasteiger partial charge in [-0.1, -0.05) is 24.3 Å². The van der Waals surface area contributed by atoms with E-state index >= 15 is 0 Å². The molecular formula is C19H31NO. The van der Waals surface area contributed by atoms with E-state index in [4.69, 9.17) is 4.74 Å². The van der Waals surface area contributed by atoms with Gasteiger partial charge in [-0.15, -0.1) is 0 Å². The predicted molar refractivity (Wildman–Crippen MR) is 89.9 cm³/mol. The second-order valence-electron chi connectivity index (χ2n) is 7.49. The molecule has 0 spiro atoms. The van der Waals surface area contributed by atoms with Crippen LogP contribution >= 0.6 is 0 Å². The molecule has 0 amide bonds. The molecule has 1 aliphatic rings. The maximum Gasteiger partial charge on any atom is 0.0462 e. The Kier molecular flexibility index (Phi) is 5.45. The van der Waals surface area contributed by atoms with Crippen LogP contribution in [0.3, 0.4) is 0 Å². The van der Waals surface area contributed by atoms with Crippen molar-refractivity contribution in [2.45, 2.75) is 63.8 Å². The van der Waals surface area contributed by atoms with E-state index < -0.39 is 0 Å². The largest absolute Gasteiger partial charge is 0.385 e. The standard InChI is InChI=1S/C19H31NO/c1-18(2,3)20-15-19(13-8-14-21-4)12-7-10-16-9-5-6-11-17(16)19/h5-6,9,11,20H,7-8,10,12-15H2,1-4H3. The van der Waals surface area contributed by atoms with E-state index in [0.717, 1.165) is 19.6 Å². The number of fused-ring (bicyclic) bond motifs is 1. The molecule has 0 radical (unpaired) electrons. The summed E-state index contributed by atoms with van der Waals surface area (Å²) < 4.78 is 5.29. The Morgan fingerprint density at radius 3 is 2.71 bits per heavy atom. The Bertz CT molecular complexity index is 449. The van der Waals surface area contributed by atoms with Gasteiger partial charge in [0, 0.05) is 31.2 Å². The van der Waals surface area contributed by atoms with Gasteiger partial charge in [-0.25, -0.2) is 0 Å². The maximum absolute atomic E-state index is 5.29. The van der Waals surface area contributed by atoms with Crippen LogP contribution < -0.4 is 5.32 Å². The van der Waals surface area contributed by atoms with Gasteiger partial charge < -0.3 is 10.1 Å². The van der Waals surface area contributed by atoms with Crippen LogP contribution in [0, 0.1) is 0 Å². The molecule has 1 unspecified atom stereocenters. The quantitative estimate of drug-likeness (QED) is 0.797. The number of hydrogen-bond donors (Lipinski definition) is 1. The van der Waals surface area contributed by atoms with Crippen molar-refractivity contribution in [3.63, 3.8) is 0 Å². The first-order valence-electron chi connectivity index (χ1n) is 8.29. The molecule has 2 nitrogen and oxygen atoms in total. The number of benzene rings is 1. The van der Waals surface area contributed by atoms with E-state index in [1.807, 2.05) is 0 Å². The van der Waals surface area contributed by atoms with Crippen LogP contribution in [0.15, 0.2) is 24.3 Å². The predicted octanol–water partition coefficient (Wildman–Crippen LogP) is 4.08. The summed E-state index contributed by atoms with van der Waals surface area (Å²) >= 11 is 0. The normalized spacial score (nSPS) is 22.1. The highest BCUT2D eigenvalue weighted by molar-refractivity contribution is 5.37. The summed E-state index contributed by atoms with van der Waals surface area (Å²) in [6, 6.07) is 9.05. The molecule has 1 N–H and O–H groups in total. The van der Waals surface area contributed by atoms with Crippen LogP contribution in [0.5, 0.6) is 0 Å². The highest BCUT2D eigenvalue weighted by Crippen LogP contribution is 2.40. The van der Waals surface area contributed by atoms with Crippen molar-refractivity contribution in [3.05, 3.63) is 35.4 Å². The third-order valence-electron chi connectivity index (χ3n) is 4.65. The van der Waals surface area contributed by atoms with Crippen LogP contribution in [0.1, 0.15) is 57.6 Å². The molecule has 1 aromatic carbocycles. The molecule has 1 aromatic rings. The van der Waals surface area contributed by atoms with Crippen molar-refractivity contribution in [2.75, 3.05) is 20.3 Å². The molecule has 2 rings (SSSR count). The third-order valence-corrected chi connectivity index (χ3v) is 4.65. The highest BCUT2D eigenvalue weighted by atomic mass is 16.5. The smallest absolute Gasteiger partial charge is 0.0462 e. The molecular weight excluding hydrogens is 258 g/mol.